The number of halogens is 1. The van der Waals surface area contributed by atoms with Crippen LogP contribution in [0.5, 0.6) is 6.01 Å². The lowest BCUT2D eigenvalue weighted by Gasteiger charge is -2.18. The second kappa shape index (κ2) is 6.92. The predicted octanol–water partition coefficient (Wildman–Crippen LogP) is 1.77. The van der Waals surface area contributed by atoms with Gasteiger partial charge in [-0.25, -0.2) is 0 Å². The van der Waals surface area contributed by atoms with Crippen molar-refractivity contribution in [2.24, 2.45) is 0 Å². The first-order chi connectivity index (χ1) is 8.21. The minimum absolute atomic E-state index is 0.123. The van der Waals surface area contributed by atoms with Crippen LogP contribution in [0, 0.1) is 12.3 Å². The maximum atomic E-state index is 5.81. The van der Waals surface area contributed by atoms with E-state index in [2.05, 4.69) is 20.9 Å². The summed E-state index contributed by atoms with van der Waals surface area (Å²) in [5.41, 5.74) is 0. The number of anilines is 1. The highest BCUT2D eigenvalue weighted by Crippen LogP contribution is 2.14. The SMILES string of the molecule is C#CCCOc1nc(Cl)nc(N(CC)CC)n1. The zero-order valence-electron chi connectivity index (χ0n) is 9.98. The average Bonchev–Trinajstić information content (AvgIpc) is 2.30. The van der Waals surface area contributed by atoms with Gasteiger partial charge in [0, 0.05) is 19.5 Å². The van der Waals surface area contributed by atoms with Crippen LogP contribution in [0.2, 0.25) is 5.28 Å². The molecule has 0 fully saturated rings. The summed E-state index contributed by atoms with van der Waals surface area (Å²) in [5, 5.41) is 0.123. The van der Waals surface area contributed by atoms with E-state index >= 15 is 0 Å². The van der Waals surface area contributed by atoms with Gasteiger partial charge in [0.05, 0.1) is 0 Å². The van der Waals surface area contributed by atoms with E-state index < -0.39 is 0 Å². The van der Waals surface area contributed by atoms with E-state index in [0.717, 1.165) is 13.1 Å². The fourth-order valence-corrected chi connectivity index (χ4v) is 1.38. The smallest absolute Gasteiger partial charge is 0.322 e. The molecule has 1 heterocycles. The van der Waals surface area contributed by atoms with E-state index in [1.807, 2.05) is 18.7 Å². The quantitative estimate of drug-likeness (QED) is 0.572. The monoisotopic (exact) mass is 254 g/mol. The molecule has 1 aromatic heterocycles. The molecule has 0 aromatic carbocycles. The third kappa shape index (κ3) is 4.08. The first-order valence-corrected chi connectivity index (χ1v) is 5.81. The summed E-state index contributed by atoms with van der Waals surface area (Å²) in [6.07, 6.45) is 5.63. The van der Waals surface area contributed by atoms with E-state index in [-0.39, 0.29) is 11.3 Å². The Labute approximate surface area is 106 Å². The molecule has 0 bridgehead atoms. The number of rotatable bonds is 6. The zero-order chi connectivity index (χ0) is 12.7. The third-order valence-electron chi connectivity index (χ3n) is 2.10. The Bertz CT molecular complexity index is 401. The molecule has 0 aliphatic carbocycles. The Morgan fingerprint density at radius 2 is 2.00 bits per heavy atom. The molecule has 0 aliphatic heterocycles. The fraction of sp³-hybridized carbons (Fsp3) is 0.545. The summed E-state index contributed by atoms with van der Waals surface area (Å²) >= 11 is 5.81. The molecule has 92 valence electrons. The number of ether oxygens (including phenoxy) is 1. The van der Waals surface area contributed by atoms with Crippen molar-refractivity contribution in [2.45, 2.75) is 20.3 Å². The van der Waals surface area contributed by atoms with Gasteiger partial charge in [0.15, 0.2) is 0 Å². The zero-order valence-corrected chi connectivity index (χ0v) is 10.7. The molecule has 1 aromatic rings. The fourth-order valence-electron chi connectivity index (χ4n) is 1.24. The third-order valence-corrected chi connectivity index (χ3v) is 2.27. The summed E-state index contributed by atoms with van der Waals surface area (Å²) < 4.78 is 5.29. The van der Waals surface area contributed by atoms with Crippen LogP contribution in [0.3, 0.4) is 0 Å². The molecule has 1 rings (SSSR count). The molecule has 6 heteroatoms. The van der Waals surface area contributed by atoms with Crippen molar-refractivity contribution in [1.29, 1.82) is 0 Å². The normalized spacial score (nSPS) is 9.76. The van der Waals surface area contributed by atoms with Crippen LogP contribution in [0.25, 0.3) is 0 Å². The van der Waals surface area contributed by atoms with Crippen LogP contribution in [-0.2, 0) is 0 Å². The van der Waals surface area contributed by atoms with Gasteiger partial charge in [0.25, 0.3) is 0 Å². The molecule has 0 atom stereocenters. The van der Waals surface area contributed by atoms with Gasteiger partial charge in [-0.1, -0.05) is 0 Å². The number of terminal acetylenes is 1. The summed E-state index contributed by atoms with van der Waals surface area (Å²) in [4.78, 5) is 14.1. The maximum Gasteiger partial charge on any atom is 0.322 e. The van der Waals surface area contributed by atoms with Gasteiger partial charge in [-0.15, -0.1) is 12.3 Å². The molecular weight excluding hydrogens is 240 g/mol. The Kier molecular flexibility index (Phi) is 5.50. The molecule has 0 radical (unpaired) electrons. The van der Waals surface area contributed by atoms with E-state index in [1.165, 1.54) is 0 Å². The highest BCUT2D eigenvalue weighted by Gasteiger charge is 2.10. The van der Waals surface area contributed by atoms with Crippen molar-refractivity contribution in [3.8, 4) is 18.4 Å². The lowest BCUT2D eigenvalue weighted by atomic mass is 10.5. The minimum Gasteiger partial charge on any atom is -0.462 e. The van der Waals surface area contributed by atoms with Gasteiger partial charge < -0.3 is 9.64 Å². The summed E-state index contributed by atoms with van der Waals surface area (Å²) in [6.45, 7) is 5.98. The average molecular weight is 255 g/mol. The largest absolute Gasteiger partial charge is 0.462 e. The van der Waals surface area contributed by atoms with Gasteiger partial charge in [-0.05, 0) is 25.4 Å². The Morgan fingerprint density at radius 3 is 2.59 bits per heavy atom. The lowest BCUT2D eigenvalue weighted by Crippen LogP contribution is -2.24. The van der Waals surface area contributed by atoms with Crippen molar-refractivity contribution < 1.29 is 4.74 Å². The predicted molar refractivity (Wildman–Crippen MR) is 67.3 cm³/mol. The standard InChI is InChI=1S/C11H15ClN4O/c1-4-7-8-17-11-14-9(12)13-10(15-11)16(5-2)6-3/h1H,5-8H2,2-3H3. The van der Waals surface area contributed by atoms with Crippen LogP contribution >= 0.6 is 11.6 Å². The van der Waals surface area contributed by atoms with Crippen molar-refractivity contribution in [2.75, 3.05) is 24.6 Å². The van der Waals surface area contributed by atoms with Gasteiger partial charge in [-0.3, -0.25) is 0 Å². The molecule has 0 saturated heterocycles. The Hall–Kier alpha value is -1.54. The van der Waals surface area contributed by atoms with Gasteiger partial charge in [0.1, 0.15) is 6.61 Å². The first-order valence-electron chi connectivity index (χ1n) is 5.44. The number of hydrogen-bond donors (Lipinski definition) is 0. The maximum absolute atomic E-state index is 5.81. The van der Waals surface area contributed by atoms with Crippen LogP contribution in [-0.4, -0.2) is 34.6 Å². The number of hydrogen-bond acceptors (Lipinski definition) is 5. The Balaban J connectivity index is 2.82. The van der Waals surface area contributed by atoms with E-state index in [1.54, 1.807) is 0 Å². The van der Waals surface area contributed by atoms with Crippen molar-refractivity contribution >= 4 is 17.5 Å². The molecule has 5 nitrogen and oxygen atoms in total. The van der Waals surface area contributed by atoms with E-state index in [0.29, 0.717) is 19.0 Å². The van der Waals surface area contributed by atoms with Crippen molar-refractivity contribution in [1.82, 2.24) is 15.0 Å². The number of nitrogens with zero attached hydrogens (tertiary/aromatic N) is 4. The van der Waals surface area contributed by atoms with Gasteiger partial charge >= 0.3 is 6.01 Å². The van der Waals surface area contributed by atoms with Crippen molar-refractivity contribution in [3.05, 3.63) is 5.28 Å². The first kappa shape index (κ1) is 13.5. The van der Waals surface area contributed by atoms with E-state index in [4.69, 9.17) is 22.8 Å². The summed E-state index contributed by atoms with van der Waals surface area (Å²) in [6, 6.07) is 0.210. The second-order valence-corrected chi connectivity index (χ2v) is 3.50. The molecular formula is C11H15ClN4O. The molecule has 0 N–H and O–H groups in total. The van der Waals surface area contributed by atoms with Crippen LogP contribution < -0.4 is 9.64 Å². The molecule has 0 amide bonds. The topological polar surface area (TPSA) is 51.1 Å². The second-order valence-electron chi connectivity index (χ2n) is 3.16. The molecule has 0 unspecified atom stereocenters. The van der Waals surface area contributed by atoms with Gasteiger partial charge in [-0.2, -0.15) is 15.0 Å². The highest BCUT2D eigenvalue weighted by molar-refractivity contribution is 6.28. The minimum atomic E-state index is 0.123. The molecule has 0 spiro atoms. The molecule has 0 saturated carbocycles. The highest BCUT2D eigenvalue weighted by atomic mass is 35.5. The van der Waals surface area contributed by atoms with Crippen LogP contribution in [0.15, 0.2) is 0 Å². The molecule has 17 heavy (non-hydrogen) atoms. The van der Waals surface area contributed by atoms with Gasteiger partial charge in [0.2, 0.25) is 11.2 Å². The van der Waals surface area contributed by atoms with Crippen LogP contribution in [0.4, 0.5) is 5.95 Å². The van der Waals surface area contributed by atoms with Crippen LogP contribution in [0.1, 0.15) is 20.3 Å². The van der Waals surface area contributed by atoms with E-state index in [9.17, 15) is 0 Å². The summed E-state index contributed by atoms with van der Waals surface area (Å²) in [7, 11) is 0. The summed E-state index contributed by atoms with van der Waals surface area (Å²) in [5.74, 6) is 2.99. The lowest BCUT2D eigenvalue weighted by molar-refractivity contribution is 0.300. The van der Waals surface area contributed by atoms with Crippen molar-refractivity contribution in [3.63, 3.8) is 0 Å². The molecule has 0 aliphatic rings. The Morgan fingerprint density at radius 1 is 1.29 bits per heavy atom. The number of aromatic nitrogens is 3.